The number of hydrazine groups is 2. The maximum atomic E-state index is 10.6. The Balaban J connectivity index is 3.14. The second kappa shape index (κ2) is 3.70. The molecule has 0 aliphatic carbocycles. The molecule has 7 heteroatoms. The lowest BCUT2D eigenvalue weighted by atomic mass is 10.2. The van der Waals surface area contributed by atoms with Gasteiger partial charge in [-0.05, 0) is 12.1 Å². The van der Waals surface area contributed by atoms with Crippen LogP contribution >= 0.6 is 0 Å². The van der Waals surface area contributed by atoms with Crippen LogP contribution in [0.3, 0.4) is 0 Å². The van der Waals surface area contributed by atoms with Crippen LogP contribution in [-0.4, -0.2) is 16.1 Å². The molecule has 0 spiro atoms. The molecule has 1 rings (SSSR count). The first kappa shape index (κ1) is 9.23. The lowest BCUT2D eigenvalue weighted by Crippen LogP contribution is -2.14. The minimum absolute atomic E-state index is 0.0518. The van der Waals surface area contributed by atoms with Crippen LogP contribution in [0.25, 0.3) is 0 Å². The Morgan fingerprint density at radius 2 is 1.77 bits per heavy atom. The van der Waals surface area contributed by atoms with Gasteiger partial charge in [0.25, 0.3) is 0 Å². The summed E-state index contributed by atoms with van der Waals surface area (Å²) in [5.41, 5.74) is 4.51. The minimum Gasteiger partial charge on any atom is -0.478 e. The zero-order chi connectivity index (χ0) is 9.84. The van der Waals surface area contributed by atoms with E-state index in [0.717, 1.165) is 0 Å². The molecule has 0 saturated heterocycles. The molecule has 0 radical (unpaired) electrons. The summed E-state index contributed by atoms with van der Waals surface area (Å²) in [6.45, 7) is 0. The van der Waals surface area contributed by atoms with Gasteiger partial charge in [0.15, 0.2) is 0 Å². The normalized spacial score (nSPS) is 9.38. The van der Waals surface area contributed by atoms with Gasteiger partial charge in [0.05, 0.1) is 5.56 Å². The number of hydrogen-bond acceptors (Lipinski definition) is 6. The summed E-state index contributed by atoms with van der Waals surface area (Å²) < 4.78 is 0. The van der Waals surface area contributed by atoms with Crippen molar-refractivity contribution in [1.29, 1.82) is 0 Å². The number of rotatable bonds is 3. The molecule has 0 unspecified atom stereocenters. The number of aromatic nitrogens is 1. The number of nitrogens with one attached hydrogen (secondary N) is 2. The van der Waals surface area contributed by atoms with E-state index in [9.17, 15) is 4.79 Å². The van der Waals surface area contributed by atoms with Gasteiger partial charge in [-0.2, -0.15) is 0 Å². The molecule has 7 N–H and O–H groups in total. The van der Waals surface area contributed by atoms with Crippen LogP contribution in [0.1, 0.15) is 10.4 Å². The molecule has 70 valence electrons. The first-order valence-electron chi connectivity index (χ1n) is 3.36. The first-order valence-corrected chi connectivity index (χ1v) is 3.36. The van der Waals surface area contributed by atoms with Gasteiger partial charge in [-0.25, -0.2) is 21.5 Å². The fourth-order valence-electron chi connectivity index (χ4n) is 0.802. The summed E-state index contributed by atoms with van der Waals surface area (Å²) in [6.07, 6.45) is 0. The highest BCUT2D eigenvalue weighted by molar-refractivity contribution is 5.89. The van der Waals surface area contributed by atoms with E-state index < -0.39 is 5.97 Å². The molecular weight excluding hydrogens is 174 g/mol. The minimum atomic E-state index is -1.07. The summed E-state index contributed by atoms with van der Waals surface area (Å²) in [4.78, 5) is 14.4. The van der Waals surface area contributed by atoms with Crippen LogP contribution in [0, 0.1) is 0 Å². The summed E-state index contributed by atoms with van der Waals surface area (Å²) in [6, 6.07) is 2.59. The monoisotopic (exact) mass is 183 g/mol. The zero-order valence-electron chi connectivity index (χ0n) is 6.61. The Morgan fingerprint density at radius 1 is 1.31 bits per heavy atom. The Kier molecular flexibility index (Phi) is 2.62. The molecule has 1 aromatic heterocycles. The van der Waals surface area contributed by atoms with Crippen LogP contribution in [-0.2, 0) is 0 Å². The third-order valence-corrected chi connectivity index (χ3v) is 1.37. The number of anilines is 2. The van der Waals surface area contributed by atoms with E-state index in [-0.39, 0.29) is 17.2 Å². The van der Waals surface area contributed by atoms with E-state index >= 15 is 0 Å². The molecule has 13 heavy (non-hydrogen) atoms. The maximum absolute atomic E-state index is 10.6. The Bertz CT molecular complexity index is 305. The molecule has 1 aromatic rings. The number of pyridine rings is 1. The zero-order valence-corrected chi connectivity index (χ0v) is 6.61. The first-order chi connectivity index (χ1) is 6.17. The van der Waals surface area contributed by atoms with Crippen LogP contribution < -0.4 is 22.5 Å². The highest BCUT2D eigenvalue weighted by atomic mass is 16.4. The summed E-state index contributed by atoms with van der Waals surface area (Å²) in [5, 5.41) is 8.66. The number of nitrogens with zero attached hydrogens (tertiary/aromatic N) is 1. The SMILES string of the molecule is NNc1cc(C(=O)O)cc(NN)n1. The average molecular weight is 183 g/mol. The van der Waals surface area contributed by atoms with Crippen molar-refractivity contribution in [3.63, 3.8) is 0 Å². The number of hydrogen-bond donors (Lipinski definition) is 5. The van der Waals surface area contributed by atoms with E-state index in [1.807, 2.05) is 0 Å². The molecule has 1 heterocycles. The lowest BCUT2D eigenvalue weighted by Gasteiger charge is -2.04. The predicted molar refractivity (Wildman–Crippen MR) is 46.8 cm³/mol. The molecule has 0 amide bonds. The van der Waals surface area contributed by atoms with Crippen molar-refractivity contribution >= 4 is 17.6 Å². The summed E-state index contributed by atoms with van der Waals surface area (Å²) in [5.74, 6) is 9.52. The van der Waals surface area contributed by atoms with E-state index in [2.05, 4.69) is 15.8 Å². The van der Waals surface area contributed by atoms with E-state index in [4.69, 9.17) is 16.8 Å². The van der Waals surface area contributed by atoms with Crippen molar-refractivity contribution in [1.82, 2.24) is 4.98 Å². The molecule has 7 nitrogen and oxygen atoms in total. The largest absolute Gasteiger partial charge is 0.478 e. The molecule has 0 aromatic carbocycles. The van der Waals surface area contributed by atoms with Gasteiger partial charge in [-0.15, -0.1) is 0 Å². The predicted octanol–water partition coefficient (Wildman–Crippen LogP) is -0.649. The molecule has 0 aliphatic rings. The topological polar surface area (TPSA) is 126 Å². The molecular formula is C6H9N5O2. The van der Waals surface area contributed by atoms with Gasteiger partial charge < -0.3 is 16.0 Å². The Labute approximate surface area is 73.7 Å². The van der Waals surface area contributed by atoms with Crippen LogP contribution in [0.5, 0.6) is 0 Å². The standard InChI is InChI=1S/C6H9N5O2/c7-10-4-1-3(6(12)13)2-5(9-4)11-8/h1-2H,7-8H2,(H,12,13)(H2,9,10,11). The van der Waals surface area contributed by atoms with Crippen molar-refractivity contribution in [3.8, 4) is 0 Å². The van der Waals surface area contributed by atoms with Crippen molar-refractivity contribution < 1.29 is 9.90 Å². The highest BCUT2D eigenvalue weighted by Crippen LogP contribution is 2.12. The van der Waals surface area contributed by atoms with Gasteiger partial charge in [-0.1, -0.05) is 0 Å². The Hall–Kier alpha value is -1.86. The lowest BCUT2D eigenvalue weighted by molar-refractivity contribution is 0.0697. The van der Waals surface area contributed by atoms with Gasteiger partial charge in [0.2, 0.25) is 0 Å². The molecule has 0 fully saturated rings. The molecule has 0 bridgehead atoms. The van der Waals surface area contributed by atoms with Crippen LogP contribution in [0.4, 0.5) is 11.6 Å². The summed E-state index contributed by atoms with van der Waals surface area (Å²) >= 11 is 0. The molecule has 0 aliphatic heterocycles. The number of carbonyl (C=O) groups is 1. The summed E-state index contributed by atoms with van der Waals surface area (Å²) in [7, 11) is 0. The van der Waals surface area contributed by atoms with Gasteiger partial charge in [0.1, 0.15) is 11.6 Å². The van der Waals surface area contributed by atoms with E-state index in [0.29, 0.717) is 0 Å². The smallest absolute Gasteiger partial charge is 0.335 e. The second-order valence-electron chi connectivity index (χ2n) is 2.22. The third-order valence-electron chi connectivity index (χ3n) is 1.37. The molecule has 0 saturated carbocycles. The third kappa shape index (κ3) is 2.04. The number of carboxylic acids is 1. The maximum Gasteiger partial charge on any atom is 0.335 e. The van der Waals surface area contributed by atoms with Crippen molar-refractivity contribution in [3.05, 3.63) is 17.7 Å². The van der Waals surface area contributed by atoms with Gasteiger partial charge in [-0.3, -0.25) is 0 Å². The fourth-order valence-corrected chi connectivity index (χ4v) is 0.802. The number of nitrogens with two attached hydrogens (primary N) is 2. The fraction of sp³-hybridized carbons (Fsp3) is 0. The number of carboxylic acid groups (broad SMARTS) is 1. The Morgan fingerprint density at radius 3 is 2.08 bits per heavy atom. The van der Waals surface area contributed by atoms with Crippen molar-refractivity contribution in [2.75, 3.05) is 10.9 Å². The van der Waals surface area contributed by atoms with Crippen molar-refractivity contribution in [2.45, 2.75) is 0 Å². The van der Waals surface area contributed by atoms with Crippen molar-refractivity contribution in [2.24, 2.45) is 11.7 Å². The molecule has 0 atom stereocenters. The van der Waals surface area contributed by atoms with E-state index in [1.165, 1.54) is 12.1 Å². The number of aromatic carboxylic acids is 1. The second-order valence-corrected chi connectivity index (χ2v) is 2.22. The van der Waals surface area contributed by atoms with E-state index in [1.54, 1.807) is 0 Å². The average Bonchev–Trinajstić information content (AvgIpc) is 2.16. The van der Waals surface area contributed by atoms with Gasteiger partial charge in [0, 0.05) is 0 Å². The van der Waals surface area contributed by atoms with Crippen LogP contribution in [0.15, 0.2) is 12.1 Å². The quantitative estimate of drug-likeness (QED) is 0.311. The number of nitrogen functional groups attached to an aromatic ring is 2. The van der Waals surface area contributed by atoms with Gasteiger partial charge >= 0.3 is 5.97 Å². The van der Waals surface area contributed by atoms with Crippen LogP contribution in [0.2, 0.25) is 0 Å². The highest BCUT2D eigenvalue weighted by Gasteiger charge is 2.06.